The van der Waals surface area contributed by atoms with Crippen molar-refractivity contribution in [1.29, 1.82) is 0 Å². The molecule has 6 heteroatoms. The molecule has 3 aromatic rings. The molecule has 0 atom stereocenters. The summed E-state index contributed by atoms with van der Waals surface area (Å²) in [7, 11) is 1.59. The van der Waals surface area contributed by atoms with Gasteiger partial charge >= 0.3 is 0 Å². The minimum atomic E-state index is -0.356. The first kappa shape index (κ1) is 14.8. The number of aromatic amines is 1. The highest BCUT2D eigenvalue weighted by Gasteiger charge is 2.15. The summed E-state index contributed by atoms with van der Waals surface area (Å²) in [6.45, 7) is 0. The zero-order valence-electron chi connectivity index (χ0n) is 12.3. The average Bonchev–Trinajstić information content (AvgIpc) is 3.07. The molecule has 0 radical (unpaired) electrons. The lowest BCUT2D eigenvalue weighted by Crippen LogP contribution is -2.12. The van der Waals surface area contributed by atoms with Crippen LogP contribution in [0, 0.1) is 5.82 Å². The van der Waals surface area contributed by atoms with Crippen LogP contribution in [-0.4, -0.2) is 23.2 Å². The Bertz CT molecular complexity index is 811. The van der Waals surface area contributed by atoms with E-state index in [1.807, 2.05) is 12.1 Å². The van der Waals surface area contributed by atoms with Crippen molar-refractivity contribution in [2.45, 2.75) is 0 Å². The number of anilines is 1. The van der Waals surface area contributed by atoms with E-state index in [4.69, 9.17) is 4.74 Å². The molecule has 1 aromatic heterocycles. The van der Waals surface area contributed by atoms with Gasteiger partial charge in [-0.15, -0.1) is 0 Å². The second kappa shape index (κ2) is 6.31. The molecule has 0 aliphatic heterocycles. The Balaban J connectivity index is 1.84. The van der Waals surface area contributed by atoms with Crippen molar-refractivity contribution >= 4 is 11.6 Å². The first-order chi connectivity index (χ1) is 11.2. The number of carbonyl (C=O) groups excluding carboxylic acids is 1. The maximum atomic E-state index is 12.9. The second-order valence-electron chi connectivity index (χ2n) is 4.85. The molecular weight excluding hydrogens is 297 g/mol. The third-order valence-electron chi connectivity index (χ3n) is 3.36. The van der Waals surface area contributed by atoms with Gasteiger partial charge in [-0.3, -0.25) is 9.89 Å². The molecule has 0 saturated carbocycles. The van der Waals surface area contributed by atoms with Crippen LogP contribution in [0.2, 0.25) is 0 Å². The van der Waals surface area contributed by atoms with Gasteiger partial charge in [0.2, 0.25) is 0 Å². The standard InChI is InChI=1S/C17H14FN3O2/c1-23-14-8-2-11(3-9-14)16-15(10-19-21-16)17(22)20-13-6-4-12(18)5-7-13/h2-10H,1H3,(H,19,21)(H,20,22). The van der Waals surface area contributed by atoms with Gasteiger partial charge in [0.1, 0.15) is 11.6 Å². The molecule has 3 rings (SSSR count). The van der Waals surface area contributed by atoms with Gasteiger partial charge in [-0.2, -0.15) is 5.10 Å². The first-order valence-corrected chi connectivity index (χ1v) is 6.92. The van der Waals surface area contributed by atoms with E-state index in [9.17, 15) is 9.18 Å². The molecule has 23 heavy (non-hydrogen) atoms. The molecule has 1 heterocycles. The number of benzene rings is 2. The number of nitrogens with one attached hydrogen (secondary N) is 2. The first-order valence-electron chi connectivity index (χ1n) is 6.92. The van der Waals surface area contributed by atoms with E-state index in [2.05, 4.69) is 15.5 Å². The van der Waals surface area contributed by atoms with E-state index in [0.717, 1.165) is 11.3 Å². The molecule has 116 valence electrons. The van der Waals surface area contributed by atoms with E-state index in [1.165, 1.54) is 30.5 Å². The normalized spacial score (nSPS) is 10.3. The lowest BCUT2D eigenvalue weighted by atomic mass is 10.1. The molecule has 0 unspecified atom stereocenters. The highest BCUT2D eigenvalue weighted by Crippen LogP contribution is 2.24. The van der Waals surface area contributed by atoms with Crippen LogP contribution >= 0.6 is 0 Å². The number of methoxy groups -OCH3 is 1. The number of H-pyrrole nitrogens is 1. The van der Waals surface area contributed by atoms with Crippen LogP contribution in [0.3, 0.4) is 0 Å². The number of ether oxygens (including phenoxy) is 1. The van der Waals surface area contributed by atoms with Gasteiger partial charge < -0.3 is 10.1 Å². The molecule has 0 spiro atoms. The summed E-state index contributed by atoms with van der Waals surface area (Å²) in [5.41, 5.74) is 2.33. The fourth-order valence-corrected chi connectivity index (χ4v) is 2.17. The maximum absolute atomic E-state index is 12.9. The Morgan fingerprint density at radius 1 is 1.13 bits per heavy atom. The number of hydrogen-bond acceptors (Lipinski definition) is 3. The Morgan fingerprint density at radius 2 is 1.83 bits per heavy atom. The molecule has 1 amide bonds. The third-order valence-corrected chi connectivity index (χ3v) is 3.36. The van der Waals surface area contributed by atoms with Crippen LogP contribution in [0.25, 0.3) is 11.3 Å². The topological polar surface area (TPSA) is 67.0 Å². The van der Waals surface area contributed by atoms with Crippen LogP contribution < -0.4 is 10.1 Å². The second-order valence-corrected chi connectivity index (χ2v) is 4.85. The Labute approximate surface area is 132 Å². The average molecular weight is 311 g/mol. The lowest BCUT2D eigenvalue weighted by molar-refractivity contribution is 0.102. The van der Waals surface area contributed by atoms with Crippen LogP contribution in [-0.2, 0) is 0 Å². The predicted molar refractivity (Wildman–Crippen MR) is 84.9 cm³/mol. The van der Waals surface area contributed by atoms with Crippen molar-refractivity contribution in [3.63, 3.8) is 0 Å². The molecule has 0 fully saturated rings. The summed E-state index contributed by atoms with van der Waals surface area (Å²) in [6, 6.07) is 12.9. The minimum Gasteiger partial charge on any atom is -0.497 e. The number of carbonyl (C=O) groups is 1. The third kappa shape index (κ3) is 3.21. The highest BCUT2D eigenvalue weighted by atomic mass is 19.1. The molecule has 0 saturated heterocycles. The fourth-order valence-electron chi connectivity index (χ4n) is 2.17. The van der Waals surface area contributed by atoms with Gasteiger partial charge in [-0.25, -0.2) is 4.39 Å². The molecule has 2 aromatic carbocycles. The van der Waals surface area contributed by atoms with Crippen molar-refractivity contribution < 1.29 is 13.9 Å². The highest BCUT2D eigenvalue weighted by molar-refractivity contribution is 6.07. The van der Waals surface area contributed by atoms with Crippen LogP contribution in [0.4, 0.5) is 10.1 Å². The number of nitrogens with zero attached hydrogens (tertiary/aromatic N) is 1. The Hall–Kier alpha value is -3.15. The largest absolute Gasteiger partial charge is 0.497 e. The van der Waals surface area contributed by atoms with Crippen molar-refractivity contribution in [2.75, 3.05) is 12.4 Å². The smallest absolute Gasteiger partial charge is 0.259 e. The minimum absolute atomic E-state index is 0.323. The van der Waals surface area contributed by atoms with E-state index >= 15 is 0 Å². The predicted octanol–water partition coefficient (Wildman–Crippen LogP) is 3.48. The van der Waals surface area contributed by atoms with Crippen LogP contribution in [0.1, 0.15) is 10.4 Å². The van der Waals surface area contributed by atoms with Crippen LogP contribution in [0.5, 0.6) is 5.75 Å². The Morgan fingerprint density at radius 3 is 2.48 bits per heavy atom. The number of hydrogen-bond donors (Lipinski definition) is 2. The molecular formula is C17H14FN3O2. The summed E-state index contributed by atoms with van der Waals surface area (Å²) in [4.78, 5) is 12.4. The van der Waals surface area contributed by atoms with Gasteiger partial charge in [-0.1, -0.05) is 0 Å². The maximum Gasteiger partial charge on any atom is 0.259 e. The van der Waals surface area contributed by atoms with Crippen molar-refractivity contribution in [3.05, 3.63) is 66.1 Å². The van der Waals surface area contributed by atoms with Gasteiger partial charge in [-0.05, 0) is 48.5 Å². The van der Waals surface area contributed by atoms with Crippen molar-refractivity contribution in [3.8, 4) is 17.0 Å². The zero-order chi connectivity index (χ0) is 16.2. The molecule has 5 nitrogen and oxygen atoms in total. The molecule has 0 bridgehead atoms. The monoisotopic (exact) mass is 311 g/mol. The number of amides is 1. The molecule has 0 aliphatic carbocycles. The van der Waals surface area contributed by atoms with E-state index in [1.54, 1.807) is 19.2 Å². The quantitative estimate of drug-likeness (QED) is 0.775. The SMILES string of the molecule is COc1ccc(-c2[nH]ncc2C(=O)Nc2ccc(F)cc2)cc1. The van der Waals surface area contributed by atoms with E-state index in [-0.39, 0.29) is 11.7 Å². The number of rotatable bonds is 4. The number of aromatic nitrogens is 2. The fraction of sp³-hybridized carbons (Fsp3) is 0.0588. The van der Waals surface area contributed by atoms with Gasteiger partial charge in [0.25, 0.3) is 5.91 Å². The van der Waals surface area contributed by atoms with Gasteiger partial charge in [0.05, 0.1) is 24.6 Å². The van der Waals surface area contributed by atoms with Crippen molar-refractivity contribution in [2.24, 2.45) is 0 Å². The van der Waals surface area contributed by atoms with Crippen LogP contribution in [0.15, 0.2) is 54.7 Å². The Kier molecular flexibility index (Phi) is 4.05. The summed E-state index contributed by atoms with van der Waals surface area (Å²) in [5.74, 6) is 0.0481. The van der Waals surface area contributed by atoms with Gasteiger partial charge in [0, 0.05) is 11.3 Å². The van der Waals surface area contributed by atoms with E-state index in [0.29, 0.717) is 16.9 Å². The summed E-state index contributed by atoms with van der Waals surface area (Å²) < 4.78 is 18.0. The summed E-state index contributed by atoms with van der Waals surface area (Å²) in [5, 5.41) is 9.48. The summed E-state index contributed by atoms with van der Waals surface area (Å²) in [6.07, 6.45) is 1.46. The van der Waals surface area contributed by atoms with Crippen molar-refractivity contribution in [1.82, 2.24) is 10.2 Å². The molecule has 2 N–H and O–H groups in total. The zero-order valence-corrected chi connectivity index (χ0v) is 12.3. The number of halogens is 1. The summed E-state index contributed by atoms with van der Waals surface area (Å²) >= 11 is 0. The lowest BCUT2D eigenvalue weighted by Gasteiger charge is -2.06. The molecule has 0 aliphatic rings. The van der Waals surface area contributed by atoms with Gasteiger partial charge in [0.15, 0.2) is 0 Å². The van der Waals surface area contributed by atoms with E-state index < -0.39 is 0 Å².